The summed E-state index contributed by atoms with van der Waals surface area (Å²) in [6.45, 7) is 1.65. The molecular weight excluding hydrogens is 295 g/mol. The Morgan fingerprint density at radius 2 is 2.06 bits per heavy atom. The molecular formula is C11H10BrFO4. The third-order valence-corrected chi connectivity index (χ3v) is 2.38. The van der Waals surface area contributed by atoms with Gasteiger partial charge < -0.3 is 9.47 Å². The van der Waals surface area contributed by atoms with Crippen molar-refractivity contribution in [1.29, 1.82) is 0 Å². The quantitative estimate of drug-likeness (QED) is 0.487. The molecule has 0 spiro atoms. The molecule has 0 aliphatic carbocycles. The number of ether oxygens (including phenoxy) is 2. The lowest BCUT2D eigenvalue weighted by Crippen LogP contribution is -2.18. The molecule has 0 N–H and O–H groups in total. The predicted octanol–water partition coefficient (Wildman–Crippen LogP) is 2.34. The van der Waals surface area contributed by atoms with Gasteiger partial charge in [0.05, 0.1) is 19.3 Å². The molecule has 0 atom stereocenters. The normalized spacial score (nSPS) is 9.88. The highest BCUT2D eigenvalue weighted by molar-refractivity contribution is 9.10. The minimum Gasteiger partial charge on any atom is -0.493 e. The predicted molar refractivity (Wildman–Crippen MR) is 61.6 cm³/mol. The third-order valence-electron chi connectivity index (χ3n) is 1.92. The van der Waals surface area contributed by atoms with Gasteiger partial charge in [-0.05, 0) is 19.1 Å². The van der Waals surface area contributed by atoms with Crippen LogP contribution in [-0.4, -0.2) is 25.5 Å². The maximum absolute atomic E-state index is 13.5. The first-order chi connectivity index (χ1) is 8.01. The van der Waals surface area contributed by atoms with Gasteiger partial charge in [-0.25, -0.2) is 9.18 Å². The van der Waals surface area contributed by atoms with Crippen molar-refractivity contribution in [2.24, 2.45) is 0 Å². The van der Waals surface area contributed by atoms with Crippen LogP contribution < -0.4 is 4.74 Å². The van der Waals surface area contributed by atoms with Gasteiger partial charge in [-0.2, -0.15) is 0 Å². The summed E-state index contributed by atoms with van der Waals surface area (Å²) in [6.07, 6.45) is 0. The van der Waals surface area contributed by atoms with Crippen LogP contribution >= 0.6 is 15.9 Å². The first-order valence-electron chi connectivity index (χ1n) is 4.75. The minimum absolute atomic E-state index is 0.0728. The van der Waals surface area contributed by atoms with Crippen LogP contribution in [0.5, 0.6) is 5.75 Å². The zero-order chi connectivity index (χ0) is 13.0. The van der Waals surface area contributed by atoms with Crippen molar-refractivity contribution in [2.45, 2.75) is 6.92 Å². The Morgan fingerprint density at radius 3 is 2.59 bits per heavy atom. The average Bonchev–Trinajstić information content (AvgIpc) is 2.27. The Kier molecular flexibility index (Phi) is 4.62. The maximum Gasteiger partial charge on any atom is 0.379 e. The second-order valence-corrected chi connectivity index (χ2v) is 3.93. The average molecular weight is 305 g/mol. The van der Waals surface area contributed by atoms with E-state index >= 15 is 0 Å². The second kappa shape index (κ2) is 5.77. The monoisotopic (exact) mass is 304 g/mol. The molecule has 0 bridgehead atoms. The summed E-state index contributed by atoms with van der Waals surface area (Å²) in [5, 5.41) is 0. The van der Waals surface area contributed by atoms with E-state index in [0.717, 1.165) is 6.07 Å². The lowest BCUT2D eigenvalue weighted by molar-refractivity contribution is -0.137. The van der Waals surface area contributed by atoms with E-state index in [4.69, 9.17) is 4.74 Å². The largest absolute Gasteiger partial charge is 0.493 e. The van der Waals surface area contributed by atoms with Gasteiger partial charge in [0, 0.05) is 4.47 Å². The summed E-state index contributed by atoms with van der Waals surface area (Å²) in [6, 6.07) is 2.45. The van der Waals surface area contributed by atoms with Crippen molar-refractivity contribution in [3.8, 4) is 5.75 Å². The number of rotatable bonds is 4. The number of hydrogen-bond donors (Lipinski definition) is 0. The number of ketones is 1. The van der Waals surface area contributed by atoms with Gasteiger partial charge in [0.1, 0.15) is 0 Å². The zero-order valence-corrected chi connectivity index (χ0v) is 10.8. The number of hydrogen-bond acceptors (Lipinski definition) is 4. The van der Waals surface area contributed by atoms with Gasteiger partial charge in [-0.15, -0.1) is 0 Å². The fourth-order valence-corrected chi connectivity index (χ4v) is 1.67. The van der Waals surface area contributed by atoms with Crippen LogP contribution in [0.2, 0.25) is 0 Å². The van der Waals surface area contributed by atoms with Gasteiger partial charge in [0.25, 0.3) is 5.78 Å². The molecule has 0 saturated heterocycles. The van der Waals surface area contributed by atoms with Gasteiger partial charge in [-0.1, -0.05) is 15.9 Å². The highest BCUT2D eigenvalue weighted by Gasteiger charge is 2.24. The Bertz CT molecular complexity index is 459. The number of Topliss-reactive ketones (excluding diaryl/α,β-unsaturated/α-hetero) is 1. The lowest BCUT2D eigenvalue weighted by atomic mass is 10.1. The molecule has 0 heterocycles. The van der Waals surface area contributed by atoms with Crippen molar-refractivity contribution < 1.29 is 23.5 Å². The number of esters is 1. The highest BCUT2D eigenvalue weighted by Crippen LogP contribution is 2.27. The summed E-state index contributed by atoms with van der Waals surface area (Å²) in [4.78, 5) is 22.9. The molecule has 0 aliphatic heterocycles. The molecule has 17 heavy (non-hydrogen) atoms. The molecule has 1 aromatic rings. The Labute approximate surface area is 106 Å². The fraction of sp³-hybridized carbons (Fsp3) is 0.273. The van der Waals surface area contributed by atoms with Crippen LogP contribution in [0.1, 0.15) is 17.3 Å². The zero-order valence-electron chi connectivity index (χ0n) is 9.25. The molecule has 4 nitrogen and oxygen atoms in total. The van der Waals surface area contributed by atoms with E-state index < -0.39 is 17.6 Å². The van der Waals surface area contributed by atoms with Crippen molar-refractivity contribution in [1.82, 2.24) is 0 Å². The molecule has 0 amide bonds. The molecule has 0 aromatic heterocycles. The van der Waals surface area contributed by atoms with Gasteiger partial charge in [0.15, 0.2) is 11.6 Å². The van der Waals surface area contributed by atoms with Crippen molar-refractivity contribution in [2.75, 3.05) is 13.7 Å². The molecule has 0 saturated carbocycles. The number of halogens is 2. The summed E-state index contributed by atoms with van der Waals surface area (Å²) in [7, 11) is 1.22. The third kappa shape index (κ3) is 3.03. The molecule has 92 valence electrons. The van der Waals surface area contributed by atoms with E-state index in [1.807, 2.05) is 0 Å². The SMILES string of the molecule is CCOC(=O)C(=O)c1cc(Br)cc(F)c1OC. The maximum atomic E-state index is 13.5. The Hall–Kier alpha value is -1.43. The molecule has 1 aromatic carbocycles. The molecule has 1 rings (SSSR count). The summed E-state index contributed by atoms with van der Waals surface area (Å²) >= 11 is 3.03. The van der Waals surface area contributed by atoms with Crippen LogP contribution in [0, 0.1) is 5.82 Å². The highest BCUT2D eigenvalue weighted by atomic mass is 79.9. The van der Waals surface area contributed by atoms with E-state index in [1.165, 1.54) is 13.2 Å². The summed E-state index contributed by atoms with van der Waals surface area (Å²) in [5.74, 6) is -2.98. The summed E-state index contributed by atoms with van der Waals surface area (Å²) in [5.41, 5.74) is -0.169. The molecule has 6 heteroatoms. The smallest absolute Gasteiger partial charge is 0.379 e. The summed E-state index contributed by atoms with van der Waals surface area (Å²) < 4.78 is 23.1. The number of benzene rings is 1. The molecule has 0 radical (unpaired) electrons. The van der Waals surface area contributed by atoms with Crippen LogP contribution in [-0.2, 0) is 9.53 Å². The van der Waals surface area contributed by atoms with Crippen LogP contribution in [0.15, 0.2) is 16.6 Å². The molecule has 0 aliphatic rings. The van der Waals surface area contributed by atoms with Crippen molar-refractivity contribution >= 4 is 27.7 Å². The van der Waals surface area contributed by atoms with Crippen molar-refractivity contribution in [3.63, 3.8) is 0 Å². The minimum atomic E-state index is -1.04. The van der Waals surface area contributed by atoms with Gasteiger partial charge in [0.2, 0.25) is 0 Å². The second-order valence-electron chi connectivity index (χ2n) is 3.02. The number of carbonyl (C=O) groups excluding carboxylic acids is 2. The standard InChI is InChI=1S/C11H10BrFO4/c1-3-17-11(15)9(14)7-4-6(12)5-8(13)10(7)16-2/h4-5H,3H2,1-2H3. The molecule has 0 fully saturated rings. The van der Waals surface area contributed by atoms with Gasteiger partial charge >= 0.3 is 5.97 Å². The number of methoxy groups -OCH3 is 1. The Balaban J connectivity index is 3.20. The lowest BCUT2D eigenvalue weighted by Gasteiger charge is -2.08. The van der Waals surface area contributed by atoms with Crippen LogP contribution in [0.25, 0.3) is 0 Å². The van der Waals surface area contributed by atoms with Crippen molar-refractivity contribution in [3.05, 3.63) is 28.0 Å². The van der Waals surface area contributed by atoms with Crippen LogP contribution in [0.3, 0.4) is 0 Å². The Morgan fingerprint density at radius 1 is 1.41 bits per heavy atom. The first kappa shape index (κ1) is 13.6. The van der Waals surface area contributed by atoms with E-state index in [2.05, 4.69) is 20.7 Å². The fourth-order valence-electron chi connectivity index (χ4n) is 1.24. The van der Waals surface area contributed by atoms with Gasteiger partial charge in [-0.3, -0.25) is 4.79 Å². The van der Waals surface area contributed by atoms with Crippen LogP contribution in [0.4, 0.5) is 4.39 Å². The van der Waals surface area contributed by atoms with E-state index in [9.17, 15) is 14.0 Å². The van der Waals surface area contributed by atoms with E-state index in [1.54, 1.807) is 6.92 Å². The first-order valence-corrected chi connectivity index (χ1v) is 5.55. The topological polar surface area (TPSA) is 52.6 Å². The van der Waals surface area contributed by atoms with E-state index in [0.29, 0.717) is 4.47 Å². The number of carbonyl (C=O) groups is 2. The van der Waals surface area contributed by atoms with E-state index in [-0.39, 0.29) is 17.9 Å². The molecule has 0 unspecified atom stereocenters.